The summed E-state index contributed by atoms with van der Waals surface area (Å²) in [5.41, 5.74) is 5.12. The molecule has 1 heterocycles. The van der Waals surface area contributed by atoms with E-state index in [0.717, 1.165) is 38.0 Å². The van der Waals surface area contributed by atoms with Crippen LogP contribution in [0.3, 0.4) is 0 Å². The molecule has 0 spiro atoms. The lowest BCUT2D eigenvalue weighted by Gasteiger charge is -2.23. The molecule has 3 aromatic carbocycles. The molecule has 0 N–H and O–H groups in total. The van der Waals surface area contributed by atoms with Gasteiger partial charge in [0.2, 0.25) is 0 Å². The number of aryl methyl sites for hydroxylation is 1. The highest BCUT2D eigenvalue weighted by Crippen LogP contribution is 2.25. The summed E-state index contributed by atoms with van der Waals surface area (Å²) in [4.78, 5) is 0. The second kappa shape index (κ2) is 13.3. The molecule has 2 atom stereocenters. The fourth-order valence-corrected chi connectivity index (χ4v) is 4.38. The van der Waals surface area contributed by atoms with Gasteiger partial charge in [-0.2, -0.15) is 0 Å². The minimum atomic E-state index is -0.0936. The van der Waals surface area contributed by atoms with Gasteiger partial charge in [0, 0.05) is 6.42 Å². The average Bonchev–Trinajstić information content (AvgIpc) is 2.89. The fraction of sp³-hybridized carbons (Fsp3) is 0.419. The predicted octanol–water partition coefficient (Wildman–Crippen LogP) is 7.97. The molecule has 1 aliphatic heterocycles. The minimum absolute atomic E-state index is 0.0936. The van der Waals surface area contributed by atoms with Gasteiger partial charge in [-0.25, -0.2) is 0 Å². The zero-order valence-electron chi connectivity index (χ0n) is 20.5. The number of hydrogen-bond acceptors (Lipinski definition) is 3. The summed E-state index contributed by atoms with van der Waals surface area (Å²) in [6.45, 7) is 3.69. The number of unbranched alkanes of at least 4 members (excludes halogenated alkanes) is 2. The zero-order valence-corrected chi connectivity index (χ0v) is 20.5. The van der Waals surface area contributed by atoms with Crippen molar-refractivity contribution in [3.8, 4) is 16.9 Å². The van der Waals surface area contributed by atoms with Crippen LogP contribution in [0.25, 0.3) is 11.1 Å². The molecule has 3 aromatic rings. The quantitative estimate of drug-likeness (QED) is 0.258. The van der Waals surface area contributed by atoms with Crippen molar-refractivity contribution in [1.82, 2.24) is 0 Å². The molecule has 0 saturated carbocycles. The van der Waals surface area contributed by atoms with E-state index in [1.807, 2.05) is 18.2 Å². The van der Waals surface area contributed by atoms with E-state index >= 15 is 0 Å². The Bertz CT molecular complexity index is 944. The topological polar surface area (TPSA) is 27.7 Å². The Balaban J connectivity index is 1.13. The summed E-state index contributed by atoms with van der Waals surface area (Å²) in [6, 6.07) is 27.8. The van der Waals surface area contributed by atoms with E-state index in [2.05, 4.69) is 67.6 Å². The normalized spacial score (nSPS) is 16.8. The van der Waals surface area contributed by atoms with E-state index < -0.39 is 0 Å². The molecule has 0 aromatic heterocycles. The van der Waals surface area contributed by atoms with Gasteiger partial charge in [-0.3, -0.25) is 0 Å². The lowest BCUT2D eigenvalue weighted by atomic mass is 10.0. The molecule has 0 bridgehead atoms. The maximum Gasteiger partial charge on any atom is 0.199 e. The van der Waals surface area contributed by atoms with Crippen molar-refractivity contribution in [3.05, 3.63) is 90.0 Å². The lowest BCUT2D eigenvalue weighted by Crippen LogP contribution is -2.24. The molecule has 0 aliphatic carbocycles. The number of ether oxygens (including phenoxy) is 3. The molecule has 4 rings (SSSR count). The lowest BCUT2D eigenvalue weighted by molar-refractivity contribution is -0.105. The van der Waals surface area contributed by atoms with E-state index in [-0.39, 0.29) is 6.29 Å². The average molecular weight is 459 g/mol. The van der Waals surface area contributed by atoms with Crippen LogP contribution < -0.4 is 4.74 Å². The highest BCUT2D eigenvalue weighted by atomic mass is 16.7. The van der Waals surface area contributed by atoms with Gasteiger partial charge in [0.1, 0.15) is 5.75 Å². The molecule has 3 nitrogen and oxygen atoms in total. The van der Waals surface area contributed by atoms with E-state index in [9.17, 15) is 0 Å². The van der Waals surface area contributed by atoms with E-state index in [0.29, 0.717) is 12.7 Å². The summed E-state index contributed by atoms with van der Waals surface area (Å²) >= 11 is 0. The van der Waals surface area contributed by atoms with Crippen LogP contribution in [0.1, 0.15) is 63.0 Å². The van der Waals surface area contributed by atoms with Crippen molar-refractivity contribution in [3.63, 3.8) is 0 Å². The van der Waals surface area contributed by atoms with Crippen LogP contribution in [0.5, 0.6) is 5.75 Å². The zero-order chi connectivity index (χ0) is 23.4. The Morgan fingerprint density at radius 2 is 1.53 bits per heavy atom. The highest BCUT2D eigenvalue weighted by Gasteiger charge is 2.15. The molecule has 180 valence electrons. The summed E-state index contributed by atoms with van der Waals surface area (Å²) in [7, 11) is 0. The third-order valence-electron chi connectivity index (χ3n) is 6.50. The molecule has 2 unspecified atom stereocenters. The monoisotopic (exact) mass is 458 g/mol. The van der Waals surface area contributed by atoms with Gasteiger partial charge in [0.25, 0.3) is 0 Å². The van der Waals surface area contributed by atoms with Gasteiger partial charge in [-0.05, 0) is 73.4 Å². The van der Waals surface area contributed by atoms with Gasteiger partial charge in [0.15, 0.2) is 6.29 Å². The molecule has 1 fully saturated rings. The fourth-order valence-electron chi connectivity index (χ4n) is 4.38. The first-order valence-electron chi connectivity index (χ1n) is 12.9. The van der Waals surface area contributed by atoms with Crippen LogP contribution in [-0.4, -0.2) is 19.0 Å². The molecule has 3 heteroatoms. The first kappa shape index (κ1) is 24.5. The highest BCUT2D eigenvalue weighted by molar-refractivity contribution is 5.64. The summed E-state index contributed by atoms with van der Waals surface area (Å²) in [5, 5.41) is 0. The molecule has 34 heavy (non-hydrogen) atoms. The van der Waals surface area contributed by atoms with Crippen LogP contribution in [0, 0.1) is 0 Å². The van der Waals surface area contributed by atoms with Crippen LogP contribution in [-0.2, 0) is 22.5 Å². The Morgan fingerprint density at radius 3 is 2.24 bits per heavy atom. The maximum atomic E-state index is 5.98. The number of rotatable bonds is 12. The maximum absolute atomic E-state index is 5.98. The standard InChI is InChI=1S/C31H38O3/c1-25(33-24-27-12-6-3-7-13-27)10-4-2-5-11-26-15-17-28(18-16-26)29-19-21-30(22-20-29)34-31-14-8-9-23-32-31/h3,6-7,12-13,15-22,25,31H,2,4-5,8-11,14,23-24H2,1H3. The second-order valence-corrected chi connectivity index (χ2v) is 9.34. The summed E-state index contributed by atoms with van der Waals surface area (Å²) in [5.74, 6) is 0.882. The molecule has 1 aliphatic rings. The Labute approximate surface area is 205 Å². The number of hydrogen-bond donors (Lipinski definition) is 0. The predicted molar refractivity (Wildman–Crippen MR) is 139 cm³/mol. The van der Waals surface area contributed by atoms with Crippen LogP contribution in [0.2, 0.25) is 0 Å². The van der Waals surface area contributed by atoms with Gasteiger partial charge < -0.3 is 14.2 Å². The van der Waals surface area contributed by atoms with Gasteiger partial charge in [0.05, 0.1) is 19.3 Å². The molecule has 0 amide bonds. The van der Waals surface area contributed by atoms with E-state index in [4.69, 9.17) is 14.2 Å². The smallest absolute Gasteiger partial charge is 0.199 e. The van der Waals surface area contributed by atoms with Gasteiger partial charge in [-0.15, -0.1) is 0 Å². The number of benzene rings is 3. The Morgan fingerprint density at radius 1 is 0.794 bits per heavy atom. The second-order valence-electron chi connectivity index (χ2n) is 9.34. The van der Waals surface area contributed by atoms with Crippen molar-refractivity contribution in [1.29, 1.82) is 0 Å². The summed E-state index contributed by atoms with van der Waals surface area (Å²) < 4.78 is 17.6. The van der Waals surface area contributed by atoms with Crippen molar-refractivity contribution < 1.29 is 14.2 Å². The van der Waals surface area contributed by atoms with Crippen molar-refractivity contribution >= 4 is 0 Å². The third-order valence-corrected chi connectivity index (χ3v) is 6.50. The Kier molecular flexibility index (Phi) is 9.60. The van der Waals surface area contributed by atoms with Crippen molar-refractivity contribution in [2.75, 3.05) is 6.61 Å². The first-order chi connectivity index (χ1) is 16.8. The molecule has 0 radical (unpaired) electrons. The van der Waals surface area contributed by atoms with Crippen LogP contribution >= 0.6 is 0 Å². The molecular formula is C31H38O3. The minimum Gasteiger partial charge on any atom is -0.465 e. The SMILES string of the molecule is CC(CCCCCc1ccc(-c2ccc(OC3CCCCO3)cc2)cc1)OCc1ccccc1. The van der Waals surface area contributed by atoms with Crippen molar-refractivity contribution in [2.45, 2.75) is 77.3 Å². The Hall–Kier alpha value is -2.62. The van der Waals surface area contributed by atoms with Gasteiger partial charge in [-0.1, -0.05) is 79.6 Å². The summed E-state index contributed by atoms with van der Waals surface area (Å²) in [6.07, 6.45) is 9.45. The molecule has 1 saturated heterocycles. The van der Waals surface area contributed by atoms with E-state index in [1.165, 1.54) is 47.9 Å². The van der Waals surface area contributed by atoms with E-state index in [1.54, 1.807) is 0 Å². The largest absolute Gasteiger partial charge is 0.465 e. The van der Waals surface area contributed by atoms with Gasteiger partial charge >= 0.3 is 0 Å². The molecular weight excluding hydrogens is 420 g/mol. The van der Waals surface area contributed by atoms with Crippen molar-refractivity contribution in [2.24, 2.45) is 0 Å². The van der Waals surface area contributed by atoms with Crippen LogP contribution in [0.4, 0.5) is 0 Å². The van der Waals surface area contributed by atoms with Crippen LogP contribution in [0.15, 0.2) is 78.9 Å². The first-order valence-corrected chi connectivity index (χ1v) is 12.9. The third kappa shape index (κ3) is 8.00.